The summed E-state index contributed by atoms with van der Waals surface area (Å²) in [5.41, 5.74) is -1.13. The third kappa shape index (κ3) is 6.30. The van der Waals surface area contributed by atoms with Crippen LogP contribution < -0.4 is 9.64 Å². The summed E-state index contributed by atoms with van der Waals surface area (Å²) in [6, 6.07) is 5.74. The maximum absolute atomic E-state index is 14.9. The molecule has 0 saturated carbocycles. The van der Waals surface area contributed by atoms with Crippen LogP contribution in [0.4, 0.5) is 5.69 Å². The van der Waals surface area contributed by atoms with Gasteiger partial charge in [0, 0.05) is 24.3 Å². The quantitative estimate of drug-likeness (QED) is 0.294. The summed E-state index contributed by atoms with van der Waals surface area (Å²) in [5, 5.41) is 10.5. The molecule has 0 aliphatic carbocycles. The van der Waals surface area contributed by atoms with Crippen molar-refractivity contribution in [3.63, 3.8) is 0 Å². The molecule has 1 N–H and O–H groups in total. The van der Waals surface area contributed by atoms with Crippen LogP contribution in [0.2, 0.25) is 0 Å². The van der Waals surface area contributed by atoms with Crippen molar-refractivity contribution in [2.45, 2.75) is 103 Å². The van der Waals surface area contributed by atoms with Gasteiger partial charge in [0.25, 0.3) is 0 Å². The number of benzene rings is 1. The number of hydrogen-bond acceptors (Lipinski definition) is 6. The molecule has 9 heteroatoms. The fraction of sp³-hybridized carbons (Fsp3) is 0.639. The van der Waals surface area contributed by atoms with E-state index in [2.05, 4.69) is 33.9 Å². The van der Waals surface area contributed by atoms with Crippen molar-refractivity contribution in [1.82, 2.24) is 9.80 Å². The Labute approximate surface area is 269 Å². The van der Waals surface area contributed by atoms with E-state index < -0.39 is 41.2 Å². The Morgan fingerprint density at radius 1 is 1.11 bits per heavy atom. The number of hydrogen-bond donors (Lipinski definition) is 1. The Balaban J connectivity index is 1.78. The predicted octanol–water partition coefficient (Wildman–Crippen LogP) is 4.98. The number of ether oxygens (including phenoxy) is 2. The van der Waals surface area contributed by atoms with E-state index in [9.17, 15) is 19.5 Å². The first-order chi connectivity index (χ1) is 21.2. The molecule has 2 bridgehead atoms. The zero-order valence-electron chi connectivity index (χ0n) is 28.3. The van der Waals surface area contributed by atoms with Crippen molar-refractivity contribution in [3.05, 3.63) is 49.6 Å². The lowest BCUT2D eigenvalue weighted by molar-refractivity contribution is -0.155. The highest BCUT2D eigenvalue weighted by Crippen LogP contribution is 2.59. The number of carbonyl (C=O) groups excluding carboxylic acids is 3. The van der Waals surface area contributed by atoms with E-state index in [0.717, 1.165) is 6.42 Å². The summed E-state index contributed by atoms with van der Waals surface area (Å²) in [6.07, 6.45) is 5.10. The van der Waals surface area contributed by atoms with Gasteiger partial charge in [0.2, 0.25) is 17.7 Å². The third-order valence-corrected chi connectivity index (χ3v) is 9.64. The lowest BCUT2D eigenvalue weighted by atomic mass is 9.70. The van der Waals surface area contributed by atoms with Gasteiger partial charge in [0.15, 0.2) is 0 Å². The van der Waals surface area contributed by atoms with Crippen molar-refractivity contribution in [3.8, 4) is 5.75 Å². The number of fused-ring (bicyclic) bond motifs is 1. The molecular formula is C36H53N3O6. The average Bonchev–Trinajstić information content (AvgIpc) is 3.62. The molecule has 3 aliphatic rings. The van der Waals surface area contributed by atoms with Gasteiger partial charge in [0.1, 0.15) is 17.4 Å². The maximum Gasteiger partial charge on any atom is 0.249 e. The van der Waals surface area contributed by atoms with Crippen molar-refractivity contribution < 1.29 is 29.0 Å². The van der Waals surface area contributed by atoms with Gasteiger partial charge in [-0.05, 0) is 76.1 Å². The first-order valence-electron chi connectivity index (χ1n) is 16.4. The standard InChI is InChI=1S/C36H53N3O6/c1-10-20-37(25-14-16-26(17-15-25)44-13-4)31(41)28-27-18-19-36(45-27)29(28)32(42)39(24(12-3)22-40)30(36)33(43)38(21-11-2)35(8,9)23-34(5,6)7/h10-11,14-17,24,27-30,40H,1-2,12-13,18-23H2,3-9H3/t24-,27+,28-,29-,30?,36?/m0/s1. The van der Waals surface area contributed by atoms with E-state index in [-0.39, 0.29) is 36.3 Å². The molecule has 3 fully saturated rings. The average molecular weight is 624 g/mol. The van der Waals surface area contributed by atoms with Crippen LogP contribution in [-0.4, -0.2) is 88.3 Å². The number of carbonyl (C=O) groups is 3. The van der Waals surface area contributed by atoms with Crippen molar-refractivity contribution >= 4 is 23.4 Å². The molecule has 3 amide bonds. The smallest absolute Gasteiger partial charge is 0.249 e. The van der Waals surface area contributed by atoms with Gasteiger partial charge in [-0.25, -0.2) is 0 Å². The van der Waals surface area contributed by atoms with Crippen molar-refractivity contribution in [1.29, 1.82) is 0 Å². The number of nitrogens with zero attached hydrogens (tertiary/aromatic N) is 3. The molecule has 3 heterocycles. The fourth-order valence-corrected chi connectivity index (χ4v) is 8.29. The first kappa shape index (κ1) is 34.7. The van der Waals surface area contributed by atoms with E-state index in [4.69, 9.17) is 9.47 Å². The monoisotopic (exact) mass is 623 g/mol. The minimum atomic E-state index is -1.17. The fourth-order valence-electron chi connectivity index (χ4n) is 8.29. The predicted molar refractivity (Wildman–Crippen MR) is 176 cm³/mol. The molecule has 3 saturated heterocycles. The van der Waals surface area contributed by atoms with Crippen LogP contribution in [-0.2, 0) is 19.1 Å². The summed E-state index contributed by atoms with van der Waals surface area (Å²) in [5.74, 6) is -1.67. The third-order valence-electron chi connectivity index (χ3n) is 9.64. The summed E-state index contributed by atoms with van der Waals surface area (Å²) < 4.78 is 12.3. The number of amides is 3. The van der Waals surface area contributed by atoms with Gasteiger partial charge in [0.05, 0.1) is 37.2 Å². The summed E-state index contributed by atoms with van der Waals surface area (Å²) >= 11 is 0. The lowest BCUT2D eigenvalue weighted by Gasteiger charge is -2.46. The molecule has 1 aromatic rings. The van der Waals surface area contributed by atoms with Gasteiger partial charge in [-0.3, -0.25) is 14.4 Å². The minimum Gasteiger partial charge on any atom is -0.494 e. The largest absolute Gasteiger partial charge is 0.494 e. The van der Waals surface area contributed by atoms with Crippen LogP contribution in [0.5, 0.6) is 5.75 Å². The van der Waals surface area contributed by atoms with Crippen LogP contribution >= 0.6 is 0 Å². The van der Waals surface area contributed by atoms with Crippen molar-refractivity contribution in [2.24, 2.45) is 17.3 Å². The highest BCUT2D eigenvalue weighted by Gasteiger charge is 2.75. The van der Waals surface area contributed by atoms with E-state index >= 15 is 0 Å². The molecule has 45 heavy (non-hydrogen) atoms. The zero-order chi connectivity index (χ0) is 33.3. The molecule has 3 aliphatic heterocycles. The topological polar surface area (TPSA) is 99.6 Å². The van der Waals surface area contributed by atoms with Crippen LogP contribution in [0, 0.1) is 17.3 Å². The molecule has 1 spiro atoms. The van der Waals surface area contributed by atoms with Gasteiger partial charge < -0.3 is 29.3 Å². The Bertz CT molecular complexity index is 1270. The van der Waals surface area contributed by atoms with E-state index in [0.29, 0.717) is 43.9 Å². The summed E-state index contributed by atoms with van der Waals surface area (Å²) in [4.78, 5) is 49.0. The molecule has 0 radical (unpaired) electrons. The van der Waals surface area contributed by atoms with Crippen LogP contribution in [0.3, 0.4) is 0 Å². The van der Waals surface area contributed by atoms with Gasteiger partial charge in [-0.15, -0.1) is 13.2 Å². The SMILES string of the molecule is C=CCN(C(=O)[C@@H]1[C@H]2C(=O)N([C@@H](CC)CO)C(C(=O)N(CC=C)C(C)(C)CC(C)(C)C)C23CC[C@H]1O3)c1ccc(OCC)cc1. The molecule has 9 nitrogen and oxygen atoms in total. The first-order valence-corrected chi connectivity index (χ1v) is 16.4. The van der Waals surface area contributed by atoms with Crippen LogP contribution in [0.15, 0.2) is 49.6 Å². The summed E-state index contributed by atoms with van der Waals surface area (Å²) in [6.45, 7) is 22.9. The van der Waals surface area contributed by atoms with E-state index in [1.807, 2.05) is 56.9 Å². The van der Waals surface area contributed by atoms with Gasteiger partial charge >= 0.3 is 0 Å². The second kappa shape index (κ2) is 13.3. The normalized spacial score (nSPS) is 26.4. The number of rotatable bonds is 14. The molecule has 248 valence electrons. The summed E-state index contributed by atoms with van der Waals surface area (Å²) in [7, 11) is 0. The maximum atomic E-state index is 14.9. The van der Waals surface area contributed by atoms with Crippen molar-refractivity contribution in [2.75, 3.05) is 31.2 Å². The number of anilines is 1. The Morgan fingerprint density at radius 3 is 2.29 bits per heavy atom. The second-order valence-electron chi connectivity index (χ2n) is 14.5. The molecule has 1 aromatic carbocycles. The van der Waals surface area contributed by atoms with E-state index in [1.165, 1.54) is 0 Å². The molecule has 0 aromatic heterocycles. The van der Waals surface area contributed by atoms with E-state index in [1.54, 1.807) is 22.0 Å². The highest BCUT2D eigenvalue weighted by atomic mass is 16.5. The lowest BCUT2D eigenvalue weighted by Crippen LogP contribution is -2.62. The molecule has 2 unspecified atom stereocenters. The zero-order valence-corrected chi connectivity index (χ0v) is 28.3. The Morgan fingerprint density at radius 2 is 1.76 bits per heavy atom. The molecular weight excluding hydrogens is 570 g/mol. The van der Waals surface area contributed by atoms with Gasteiger partial charge in [-0.2, -0.15) is 0 Å². The van der Waals surface area contributed by atoms with Gasteiger partial charge in [-0.1, -0.05) is 39.8 Å². The number of aliphatic hydroxyl groups excluding tert-OH is 1. The van der Waals surface area contributed by atoms with Crippen LogP contribution in [0.1, 0.15) is 74.1 Å². The number of likely N-dealkylation sites (tertiary alicyclic amines) is 1. The molecule has 4 rings (SSSR count). The Hall–Kier alpha value is -3.17. The number of aliphatic hydroxyl groups is 1. The Kier molecular flexibility index (Phi) is 10.2. The highest BCUT2D eigenvalue weighted by molar-refractivity contribution is 6.03. The minimum absolute atomic E-state index is 0.0679. The second-order valence-corrected chi connectivity index (χ2v) is 14.5. The van der Waals surface area contributed by atoms with Crippen LogP contribution in [0.25, 0.3) is 0 Å². The molecule has 6 atom stereocenters.